The standard InChI is InChI=1S/C32H32N2O4/c1-37-28-19-17-25(18-20-28)23-34(30(35)21-24-11-5-3-6-12-24)31(26-13-7-4-8-14-26)32(36)33-22-27-15-9-10-16-29(27)38-2/h3-20,31H,21-23H2,1-2H3,(H,33,36). The van der Waals surface area contributed by atoms with Crippen molar-refractivity contribution in [1.82, 2.24) is 10.2 Å². The fourth-order valence-electron chi connectivity index (χ4n) is 4.36. The average Bonchev–Trinajstić information content (AvgIpc) is 2.97. The molecule has 6 nitrogen and oxygen atoms in total. The van der Waals surface area contributed by atoms with Gasteiger partial charge in [-0.2, -0.15) is 0 Å². The number of nitrogens with zero attached hydrogens (tertiary/aromatic N) is 1. The molecule has 1 atom stereocenters. The minimum Gasteiger partial charge on any atom is -0.497 e. The second-order valence-electron chi connectivity index (χ2n) is 8.87. The van der Waals surface area contributed by atoms with Gasteiger partial charge in [-0.15, -0.1) is 0 Å². The van der Waals surface area contributed by atoms with Crippen LogP contribution in [0, 0.1) is 0 Å². The fraction of sp³-hybridized carbons (Fsp3) is 0.188. The first kappa shape index (κ1) is 26.5. The molecule has 0 aliphatic heterocycles. The molecule has 1 N–H and O–H groups in total. The maximum atomic E-state index is 13.8. The van der Waals surface area contributed by atoms with Crippen LogP contribution in [-0.4, -0.2) is 30.9 Å². The first-order chi connectivity index (χ1) is 18.6. The fourth-order valence-corrected chi connectivity index (χ4v) is 4.36. The SMILES string of the molecule is COc1ccc(CN(C(=O)Cc2ccccc2)C(C(=O)NCc2ccccc2OC)c2ccccc2)cc1. The van der Waals surface area contributed by atoms with Crippen LogP contribution < -0.4 is 14.8 Å². The molecule has 194 valence electrons. The van der Waals surface area contributed by atoms with Gasteiger partial charge >= 0.3 is 0 Å². The number of hydrogen-bond donors (Lipinski definition) is 1. The number of carbonyl (C=O) groups excluding carboxylic acids is 2. The number of ether oxygens (including phenoxy) is 2. The highest BCUT2D eigenvalue weighted by atomic mass is 16.5. The molecule has 0 spiro atoms. The van der Waals surface area contributed by atoms with E-state index in [1.807, 2.05) is 109 Å². The van der Waals surface area contributed by atoms with Crippen LogP contribution in [0.5, 0.6) is 11.5 Å². The van der Waals surface area contributed by atoms with Crippen molar-refractivity contribution in [2.45, 2.75) is 25.6 Å². The number of methoxy groups -OCH3 is 2. The number of para-hydroxylation sites is 1. The normalized spacial score (nSPS) is 11.3. The maximum absolute atomic E-state index is 13.8. The summed E-state index contributed by atoms with van der Waals surface area (Å²) in [6.07, 6.45) is 0.181. The van der Waals surface area contributed by atoms with Crippen LogP contribution in [0.2, 0.25) is 0 Å². The molecule has 0 radical (unpaired) electrons. The monoisotopic (exact) mass is 508 g/mol. The molecule has 0 aliphatic rings. The number of benzene rings is 4. The highest BCUT2D eigenvalue weighted by molar-refractivity contribution is 5.89. The van der Waals surface area contributed by atoms with Gasteiger partial charge in [-0.1, -0.05) is 91.0 Å². The van der Waals surface area contributed by atoms with E-state index < -0.39 is 6.04 Å². The lowest BCUT2D eigenvalue weighted by Crippen LogP contribution is -2.43. The van der Waals surface area contributed by atoms with Crippen molar-refractivity contribution >= 4 is 11.8 Å². The van der Waals surface area contributed by atoms with Gasteiger partial charge in [0.1, 0.15) is 17.5 Å². The number of amides is 2. The van der Waals surface area contributed by atoms with Crippen molar-refractivity contribution in [3.05, 3.63) is 131 Å². The van der Waals surface area contributed by atoms with E-state index in [1.165, 1.54) is 0 Å². The summed E-state index contributed by atoms with van der Waals surface area (Å²) in [7, 11) is 3.22. The Bertz CT molecular complexity index is 1320. The van der Waals surface area contributed by atoms with E-state index in [2.05, 4.69) is 5.32 Å². The molecule has 6 heteroatoms. The topological polar surface area (TPSA) is 67.9 Å². The van der Waals surface area contributed by atoms with Crippen molar-refractivity contribution in [1.29, 1.82) is 0 Å². The smallest absolute Gasteiger partial charge is 0.247 e. The molecular weight excluding hydrogens is 476 g/mol. The van der Waals surface area contributed by atoms with Gasteiger partial charge in [-0.25, -0.2) is 0 Å². The molecule has 0 heterocycles. The molecule has 0 saturated heterocycles. The third-order valence-electron chi connectivity index (χ3n) is 6.35. The summed E-state index contributed by atoms with van der Waals surface area (Å²) in [5.41, 5.74) is 3.37. The zero-order valence-electron chi connectivity index (χ0n) is 21.7. The first-order valence-corrected chi connectivity index (χ1v) is 12.5. The van der Waals surface area contributed by atoms with Crippen LogP contribution in [0.25, 0.3) is 0 Å². The van der Waals surface area contributed by atoms with Gasteiger partial charge in [0.15, 0.2) is 0 Å². The van der Waals surface area contributed by atoms with Crippen molar-refractivity contribution in [3.63, 3.8) is 0 Å². The van der Waals surface area contributed by atoms with E-state index in [-0.39, 0.29) is 31.3 Å². The third kappa shape index (κ3) is 6.79. The van der Waals surface area contributed by atoms with Gasteiger partial charge in [-0.3, -0.25) is 9.59 Å². The van der Waals surface area contributed by atoms with E-state index in [4.69, 9.17) is 9.47 Å². The quantitative estimate of drug-likeness (QED) is 0.297. The molecule has 0 aromatic heterocycles. The number of rotatable bonds is 11. The summed E-state index contributed by atoms with van der Waals surface area (Å²) >= 11 is 0. The largest absolute Gasteiger partial charge is 0.497 e. The number of nitrogens with one attached hydrogen (secondary N) is 1. The Morgan fingerprint density at radius 3 is 2.03 bits per heavy atom. The van der Waals surface area contributed by atoms with Gasteiger partial charge in [0.05, 0.1) is 20.6 Å². The summed E-state index contributed by atoms with van der Waals surface area (Å²) in [4.78, 5) is 29.3. The van der Waals surface area contributed by atoms with Crippen molar-refractivity contribution in [3.8, 4) is 11.5 Å². The minimum absolute atomic E-state index is 0.145. The highest BCUT2D eigenvalue weighted by Crippen LogP contribution is 2.26. The maximum Gasteiger partial charge on any atom is 0.247 e. The zero-order chi connectivity index (χ0) is 26.7. The molecule has 4 aromatic rings. The second-order valence-corrected chi connectivity index (χ2v) is 8.87. The number of carbonyl (C=O) groups is 2. The minimum atomic E-state index is -0.829. The lowest BCUT2D eigenvalue weighted by Gasteiger charge is -2.32. The van der Waals surface area contributed by atoms with E-state index in [0.717, 1.165) is 28.0 Å². The second kappa shape index (κ2) is 13.1. The Morgan fingerprint density at radius 2 is 1.37 bits per heavy atom. The number of hydrogen-bond acceptors (Lipinski definition) is 4. The Hall–Kier alpha value is -4.58. The summed E-state index contributed by atoms with van der Waals surface area (Å²) in [6.45, 7) is 0.534. The summed E-state index contributed by atoms with van der Waals surface area (Å²) in [5, 5.41) is 3.04. The van der Waals surface area contributed by atoms with Crippen LogP contribution >= 0.6 is 0 Å². The van der Waals surface area contributed by atoms with Crippen molar-refractivity contribution in [2.24, 2.45) is 0 Å². The molecule has 2 amide bonds. The lowest BCUT2D eigenvalue weighted by molar-refractivity contribution is -0.141. The van der Waals surface area contributed by atoms with E-state index >= 15 is 0 Å². The molecule has 4 aromatic carbocycles. The van der Waals surface area contributed by atoms with Crippen LogP contribution in [0.1, 0.15) is 28.3 Å². The van der Waals surface area contributed by atoms with Crippen LogP contribution in [0.15, 0.2) is 109 Å². The van der Waals surface area contributed by atoms with Crippen LogP contribution in [0.4, 0.5) is 0 Å². The summed E-state index contributed by atoms with van der Waals surface area (Å²) < 4.78 is 10.7. The summed E-state index contributed by atoms with van der Waals surface area (Å²) in [5.74, 6) is 1.01. The first-order valence-electron chi connectivity index (χ1n) is 12.5. The summed E-state index contributed by atoms with van der Waals surface area (Å²) in [6, 6.07) is 33.2. The predicted molar refractivity (Wildman–Crippen MR) is 148 cm³/mol. The zero-order valence-corrected chi connectivity index (χ0v) is 21.7. The van der Waals surface area contributed by atoms with Gasteiger partial charge < -0.3 is 19.7 Å². The van der Waals surface area contributed by atoms with Crippen molar-refractivity contribution < 1.29 is 19.1 Å². The van der Waals surface area contributed by atoms with Gasteiger partial charge in [-0.05, 0) is 34.9 Å². The average molecular weight is 509 g/mol. The molecule has 0 bridgehead atoms. The van der Waals surface area contributed by atoms with Crippen LogP contribution in [0.3, 0.4) is 0 Å². The van der Waals surface area contributed by atoms with Crippen molar-refractivity contribution in [2.75, 3.05) is 14.2 Å². The molecule has 0 fully saturated rings. The predicted octanol–water partition coefficient (Wildman–Crippen LogP) is 5.33. The third-order valence-corrected chi connectivity index (χ3v) is 6.35. The Balaban J connectivity index is 1.67. The van der Waals surface area contributed by atoms with Gasteiger partial charge in [0.25, 0.3) is 0 Å². The molecule has 38 heavy (non-hydrogen) atoms. The van der Waals surface area contributed by atoms with E-state index in [9.17, 15) is 9.59 Å². The van der Waals surface area contributed by atoms with Crippen LogP contribution in [-0.2, 0) is 29.1 Å². The Kier molecular flexibility index (Phi) is 9.13. The Labute approximate surface area is 223 Å². The molecule has 0 saturated carbocycles. The molecule has 1 unspecified atom stereocenters. The molecule has 0 aliphatic carbocycles. The van der Waals surface area contributed by atoms with E-state index in [0.29, 0.717) is 5.75 Å². The highest BCUT2D eigenvalue weighted by Gasteiger charge is 2.31. The van der Waals surface area contributed by atoms with Gasteiger partial charge in [0.2, 0.25) is 11.8 Å². The molecule has 4 rings (SSSR count). The van der Waals surface area contributed by atoms with E-state index in [1.54, 1.807) is 19.1 Å². The van der Waals surface area contributed by atoms with Gasteiger partial charge in [0, 0.05) is 18.7 Å². The molecular formula is C32H32N2O4. The Morgan fingerprint density at radius 1 is 0.737 bits per heavy atom. The lowest BCUT2D eigenvalue weighted by atomic mass is 10.0.